The molecule has 0 radical (unpaired) electrons. The molecular formula is C6H12OS. The van der Waals surface area contributed by atoms with Gasteiger partial charge in [-0.15, -0.1) is 0 Å². The standard InChI is InChI=1S/C6H12OS/c1-3-7-4-2-6-8-5-1/h1-6H2. The summed E-state index contributed by atoms with van der Waals surface area (Å²) in [5, 5.41) is 0. The van der Waals surface area contributed by atoms with Crippen LogP contribution in [-0.4, -0.2) is 24.7 Å². The first kappa shape index (κ1) is 6.43. The molecule has 0 N–H and O–H groups in total. The van der Waals surface area contributed by atoms with Gasteiger partial charge in [-0.25, -0.2) is 0 Å². The van der Waals surface area contributed by atoms with Gasteiger partial charge >= 0.3 is 0 Å². The molecule has 1 aliphatic heterocycles. The van der Waals surface area contributed by atoms with Crippen LogP contribution >= 0.6 is 11.8 Å². The van der Waals surface area contributed by atoms with Crippen LogP contribution in [0.4, 0.5) is 0 Å². The zero-order chi connectivity index (χ0) is 5.66. The molecule has 0 aromatic carbocycles. The Morgan fingerprint density at radius 3 is 2.25 bits per heavy atom. The maximum atomic E-state index is 5.26. The lowest BCUT2D eigenvalue weighted by atomic mass is 10.5. The molecule has 8 heavy (non-hydrogen) atoms. The molecule has 1 aliphatic rings. The average Bonchev–Trinajstić information content (AvgIpc) is 1.62. The van der Waals surface area contributed by atoms with Crippen LogP contribution in [0.3, 0.4) is 0 Å². The van der Waals surface area contributed by atoms with E-state index in [1.807, 2.05) is 11.8 Å². The highest BCUT2D eigenvalue weighted by molar-refractivity contribution is 7.99. The van der Waals surface area contributed by atoms with Crippen LogP contribution in [0.5, 0.6) is 0 Å². The van der Waals surface area contributed by atoms with Crippen LogP contribution in [-0.2, 0) is 4.74 Å². The van der Waals surface area contributed by atoms with Gasteiger partial charge in [0.1, 0.15) is 0 Å². The molecule has 1 heterocycles. The van der Waals surface area contributed by atoms with E-state index in [2.05, 4.69) is 0 Å². The highest BCUT2D eigenvalue weighted by atomic mass is 32.2. The molecule has 2 heteroatoms. The summed E-state index contributed by atoms with van der Waals surface area (Å²) in [7, 11) is 0. The number of rotatable bonds is 0. The Hall–Kier alpha value is 0.310. The number of ether oxygens (including phenoxy) is 1. The molecule has 48 valence electrons. The highest BCUT2D eigenvalue weighted by Gasteiger charge is 1.95. The summed E-state index contributed by atoms with van der Waals surface area (Å²) < 4.78 is 5.26. The molecule has 0 aromatic heterocycles. The first-order chi connectivity index (χ1) is 4.00. The van der Waals surface area contributed by atoms with Gasteiger partial charge in [0.25, 0.3) is 0 Å². The minimum absolute atomic E-state index is 0.979. The minimum Gasteiger partial charge on any atom is -0.381 e. The van der Waals surface area contributed by atoms with Gasteiger partial charge in [-0.3, -0.25) is 0 Å². The third-order valence-electron chi connectivity index (χ3n) is 1.15. The van der Waals surface area contributed by atoms with Crippen molar-refractivity contribution in [1.82, 2.24) is 0 Å². The Morgan fingerprint density at radius 1 is 1.00 bits per heavy atom. The van der Waals surface area contributed by atoms with Gasteiger partial charge < -0.3 is 4.74 Å². The van der Waals surface area contributed by atoms with E-state index in [1.165, 1.54) is 24.3 Å². The van der Waals surface area contributed by atoms with E-state index in [4.69, 9.17) is 4.74 Å². The summed E-state index contributed by atoms with van der Waals surface area (Å²) in [6, 6.07) is 0. The van der Waals surface area contributed by atoms with Gasteiger partial charge in [0.15, 0.2) is 0 Å². The summed E-state index contributed by atoms with van der Waals surface area (Å²) in [5.74, 6) is 2.58. The molecule has 0 unspecified atom stereocenters. The van der Waals surface area contributed by atoms with Gasteiger partial charge in [-0.05, 0) is 24.3 Å². The van der Waals surface area contributed by atoms with E-state index in [-0.39, 0.29) is 0 Å². The molecule has 0 amide bonds. The molecule has 0 spiro atoms. The molecule has 0 aliphatic carbocycles. The van der Waals surface area contributed by atoms with Crippen molar-refractivity contribution in [1.29, 1.82) is 0 Å². The summed E-state index contributed by atoms with van der Waals surface area (Å²) in [5.41, 5.74) is 0. The summed E-state index contributed by atoms with van der Waals surface area (Å²) >= 11 is 2.05. The first-order valence-electron chi connectivity index (χ1n) is 3.15. The largest absolute Gasteiger partial charge is 0.381 e. The third kappa shape index (κ3) is 2.58. The first-order valence-corrected chi connectivity index (χ1v) is 4.31. The minimum atomic E-state index is 0.979. The van der Waals surface area contributed by atoms with Crippen LogP contribution in [0, 0.1) is 0 Å². The van der Waals surface area contributed by atoms with E-state index in [0.717, 1.165) is 13.2 Å². The van der Waals surface area contributed by atoms with Crippen molar-refractivity contribution >= 4 is 11.8 Å². The quantitative estimate of drug-likeness (QED) is 0.494. The summed E-state index contributed by atoms with van der Waals surface area (Å²) in [6.45, 7) is 1.96. The molecule has 1 rings (SSSR count). The Morgan fingerprint density at radius 2 is 1.62 bits per heavy atom. The van der Waals surface area contributed by atoms with Crippen molar-refractivity contribution < 1.29 is 4.74 Å². The fourth-order valence-electron chi connectivity index (χ4n) is 0.730. The van der Waals surface area contributed by atoms with Gasteiger partial charge in [-0.1, -0.05) is 0 Å². The van der Waals surface area contributed by atoms with Crippen LogP contribution in [0.1, 0.15) is 12.8 Å². The molecule has 0 bridgehead atoms. The molecule has 0 saturated carbocycles. The molecule has 1 saturated heterocycles. The second kappa shape index (κ2) is 4.21. The predicted octanol–water partition coefficient (Wildman–Crippen LogP) is 1.53. The zero-order valence-corrected chi connectivity index (χ0v) is 5.88. The second-order valence-corrected chi connectivity index (χ2v) is 3.16. The normalized spacial score (nSPS) is 24.0. The van der Waals surface area contributed by atoms with Crippen LogP contribution in [0.25, 0.3) is 0 Å². The Bertz CT molecular complexity index is 32.5. The van der Waals surface area contributed by atoms with Crippen LogP contribution < -0.4 is 0 Å². The number of hydrogen-bond acceptors (Lipinski definition) is 2. The Labute approximate surface area is 54.8 Å². The number of hydrogen-bond donors (Lipinski definition) is 0. The molecule has 1 nitrogen and oxygen atoms in total. The fraction of sp³-hybridized carbons (Fsp3) is 1.00. The van der Waals surface area contributed by atoms with Crippen LogP contribution in [0.2, 0.25) is 0 Å². The predicted molar refractivity (Wildman–Crippen MR) is 37.4 cm³/mol. The van der Waals surface area contributed by atoms with Gasteiger partial charge in [0, 0.05) is 13.2 Å². The lowest BCUT2D eigenvalue weighted by molar-refractivity contribution is 0.135. The number of thioether (sulfide) groups is 1. The monoisotopic (exact) mass is 132 g/mol. The van der Waals surface area contributed by atoms with E-state index < -0.39 is 0 Å². The Balaban J connectivity index is 2.00. The highest BCUT2D eigenvalue weighted by Crippen LogP contribution is 2.07. The van der Waals surface area contributed by atoms with Crippen LogP contribution in [0.15, 0.2) is 0 Å². The maximum Gasteiger partial charge on any atom is 0.0473 e. The smallest absolute Gasteiger partial charge is 0.0473 e. The van der Waals surface area contributed by atoms with Crippen molar-refractivity contribution in [2.75, 3.05) is 24.7 Å². The Kier molecular flexibility index (Phi) is 3.39. The topological polar surface area (TPSA) is 9.23 Å². The average molecular weight is 132 g/mol. The lowest BCUT2D eigenvalue weighted by Crippen LogP contribution is -2.03. The zero-order valence-electron chi connectivity index (χ0n) is 5.06. The van der Waals surface area contributed by atoms with Gasteiger partial charge in [0.05, 0.1) is 0 Å². The van der Waals surface area contributed by atoms with E-state index >= 15 is 0 Å². The van der Waals surface area contributed by atoms with E-state index in [0.29, 0.717) is 0 Å². The van der Waals surface area contributed by atoms with Crippen molar-refractivity contribution in [2.45, 2.75) is 12.8 Å². The van der Waals surface area contributed by atoms with E-state index in [1.54, 1.807) is 0 Å². The van der Waals surface area contributed by atoms with Crippen molar-refractivity contribution in [3.63, 3.8) is 0 Å². The van der Waals surface area contributed by atoms with Crippen molar-refractivity contribution in [3.05, 3.63) is 0 Å². The summed E-state index contributed by atoms with van der Waals surface area (Å²) in [6.07, 6.45) is 2.48. The lowest BCUT2D eigenvalue weighted by Gasteiger charge is -2.07. The third-order valence-corrected chi connectivity index (χ3v) is 2.31. The SMILES string of the molecule is C1COCCCSC1. The van der Waals surface area contributed by atoms with E-state index in [9.17, 15) is 0 Å². The van der Waals surface area contributed by atoms with Gasteiger partial charge in [0.2, 0.25) is 0 Å². The molecule has 0 atom stereocenters. The van der Waals surface area contributed by atoms with Crippen molar-refractivity contribution in [3.8, 4) is 0 Å². The van der Waals surface area contributed by atoms with Gasteiger partial charge in [-0.2, -0.15) is 11.8 Å². The molecule has 1 fully saturated rings. The molecular weight excluding hydrogens is 120 g/mol. The summed E-state index contributed by atoms with van der Waals surface area (Å²) in [4.78, 5) is 0. The molecule has 0 aromatic rings. The fourth-order valence-corrected chi connectivity index (χ4v) is 1.58. The van der Waals surface area contributed by atoms with Crippen molar-refractivity contribution in [2.24, 2.45) is 0 Å². The maximum absolute atomic E-state index is 5.26. The second-order valence-electron chi connectivity index (χ2n) is 1.93.